The topological polar surface area (TPSA) is 90.1 Å². The molecule has 1 amide bonds. The van der Waals surface area contributed by atoms with E-state index in [9.17, 15) is 9.59 Å². The van der Waals surface area contributed by atoms with Gasteiger partial charge in [-0.2, -0.15) is 5.10 Å². The third-order valence-electron chi connectivity index (χ3n) is 4.61. The van der Waals surface area contributed by atoms with Gasteiger partial charge in [-0.25, -0.2) is 10.2 Å². The zero-order valence-corrected chi connectivity index (χ0v) is 19.4. The highest BCUT2D eigenvalue weighted by molar-refractivity contribution is 9.10. The fraction of sp³-hybridized carbons (Fsp3) is 0.0385. The fourth-order valence-corrected chi connectivity index (χ4v) is 3.44. The molecule has 3 aromatic carbocycles. The van der Waals surface area contributed by atoms with Crippen molar-refractivity contribution in [1.82, 2.24) is 5.43 Å². The molecule has 0 aliphatic heterocycles. The summed E-state index contributed by atoms with van der Waals surface area (Å²) >= 11 is 3.37. The highest BCUT2D eigenvalue weighted by atomic mass is 79.9. The number of amides is 1. The van der Waals surface area contributed by atoms with Gasteiger partial charge in [0, 0.05) is 21.5 Å². The predicted octanol–water partition coefficient (Wildman–Crippen LogP) is 5.34. The predicted molar refractivity (Wildman–Crippen MR) is 133 cm³/mol. The number of benzene rings is 3. The Morgan fingerprint density at radius 3 is 2.71 bits per heavy atom. The lowest BCUT2D eigenvalue weighted by atomic mass is 10.1. The van der Waals surface area contributed by atoms with Gasteiger partial charge in [0.1, 0.15) is 17.3 Å². The van der Waals surface area contributed by atoms with E-state index in [1.807, 2.05) is 36.4 Å². The monoisotopic (exact) mass is 518 g/mol. The molecular weight excluding hydrogens is 500 g/mol. The summed E-state index contributed by atoms with van der Waals surface area (Å²) in [7, 11) is 0. The van der Waals surface area contributed by atoms with E-state index in [0.717, 1.165) is 15.2 Å². The van der Waals surface area contributed by atoms with Crippen molar-refractivity contribution >= 4 is 50.9 Å². The Bertz CT molecular complexity index is 1360. The molecule has 0 saturated carbocycles. The van der Waals surface area contributed by atoms with Crippen LogP contribution in [0.2, 0.25) is 0 Å². The van der Waals surface area contributed by atoms with Crippen LogP contribution in [0.4, 0.5) is 0 Å². The van der Waals surface area contributed by atoms with E-state index in [0.29, 0.717) is 17.1 Å². The number of halogens is 1. The molecule has 7 nitrogen and oxygen atoms in total. The summed E-state index contributed by atoms with van der Waals surface area (Å²) in [6.45, 7) is -0.205. The van der Waals surface area contributed by atoms with Crippen LogP contribution in [0, 0.1) is 0 Å². The van der Waals surface area contributed by atoms with E-state index in [1.165, 1.54) is 24.6 Å². The highest BCUT2D eigenvalue weighted by Crippen LogP contribution is 2.25. The smallest absolute Gasteiger partial charge is 0.336 e. The van der Waals surface area contributed by atoms with Crippen LogP contribution in [0.1, 0.15) is 11.3 Å². The third kappa shape index (κ3) is 6.20. The molecule has 4 rings (SSSR count). The standard InChI is InChI=1S/C26H19BrN2O5/c27-20-10-12-23(34-26(31)13-11-21-7-4-14-32-21)19(15-20)16-28-29-25(30)17-33-24-9-3-6-18-5-1-2-8-22(18)24/h1-16H,17H2,(H,29,30)/b13-11-,28-16-. The van der Waals surface area contributed by atoms with E-state index in [2.05, 4.69) is 26.5 Å². The van der Waals surface area contributed by atoms with Crippen LogP contribution < -0.4 is 14.9 Å². The maximum atomic E-state index is 12.2. The van der Waals surface area contributed by atoms with Gasteiger partial charge in [-0.3, -0.25) is 4.79 Å². The number of carbonyl (C=O) groups excluding carboxylic acids is 2. The zero-order valence-electron chi connectivity index (χ0n) is 17.8. The average Bonchev–Trinajstić information content (AvgIpc) is 3.37. The van der Waals surface area contributed by atoms with Gasteiger partial charge in [-0.15, -0.1) is 0 Å². The van der Waals surface area contributed by atoms with Crippen LogP contribution in [0.15, 0.2) is 99.1 Å². The number of carbonyl (C=O) groups is 2. The van der Waals surface area contributed by atoms with E-state index in [-0.39, 0.29) is 12.4 Å². The summed E-state index contributed by atoms with van der Waals surface area (Å²) in [6.07, 6.45) is 5.66. The number of hydrogen-bond donors (Lipinski definition) is 1. The molecule has 8 heteroatoms. The largest absolute Gasteiger partial charge is 0.483 e. The van der Waals surface area contributed by atoms with Gasteiger partial charge < -0.3 is 13.9 Å². The number of fused-ring (bicyclic) bond motifs is 1. The molecule has 0 aliphatic rings. The molecule has 1 aromatic heterocycles. The summed E-state index contributed by atoms with van der Waals surface area (Å²) in [6, 6.07) is 21.9. The zero-order chi connectivity index (χ0) is 23.8. The Balaban J connectivity index is 1.36. The molecule has 34 heavy (non-hydrogen) atoms. The molecule has 0 bridgehead atoms. The van der Waals surface area contributed by atoms with Crippen molar-refractivity contribution in [2.45, 2.75) is 0 Å². The summed E-state index contributed by atoms with van der Waals surface area (Å²) in [5.41, 5.74) is 2.91. The first-order valence-corrected chi connectivity index (χ1v) is 11.0. The van der Waals surface area contributed by atoms with Crippen molar-refractivity contribution in [3.8, 4) is 11.5 Å². The van der Waals surface area contributed by atoms with Crippen molar-refractivity contribution in [2.24, 2.45) is 5.10 Å². The Hall–Kier alpha value is -4.17. The number of furan rings is 1. The van der Waals surface area contributed by atoms with E-state index in [1.54, 1.807) is 36.4 Å². The van der Waals surface area contributed by atoms with Crippen LogP contribution in [0.3, 0.4) is 0 Å². The third-order valence-corrected chi connectivity index (χ3v) is 5.10. The summed E-state index contributed by atoms with van der Waals surface area (Å²) < 4.78 is 16.9. The van der Waals surface area contributed by atoms with Crippen molar-refractivity contribution in [2.75, 3.05) is 6.61 Å². The number of nitrogens with one attached hydrogen (secondary N) is 1. The molecule has 0 aliphatic carbocycles. The molecule has 1 heterocycles. The number of esters is 1. The molecule has 1 N–H and O–H groups in total. The van der Waals surface area contributed by atoms with Crippen molar-refractivity contribution in [3.63, 3.8) is 0 Å². The van der Waals surface area contributed by atoms with Crippen molar-refractivity contribution in [1.29, 1.82) is 0 Å². The lowest BCUT2D eigenvalue weighted by Gasteiger charge is -2.08. The van der Waals surface area contributed by atoms with Gasteiger partial charge in [0.25, 0.3) is 5.91 Å². The van der Waals surface area contributed by atoms with Gasteiger partial charge in [0.15, 0.2) is 6.61 Å². The minimum absolute atomic E-state index is 0.205. The average molecular weight is 519 g/mol. The van der Waals surface area contributed by atoms with Gasteiger partial charge >= 0.3 is 5.97 Å². The van der Waals surface area contributed by atoms with Gasteiger partial charge in [0.2, 0.25) is 0 Å². The molecule has 170 valence electrons. The van der Waals surface area contributed by atoms with Crippen LogP contribution in [0.25, 0.3) is 16.8 Å². The van der Waals surface area contributed by atoms with E-state index < -0.39 is 11.9 Å². The van der Waals surface area contributed by atoms with E-state index >= 15 is 0 Å². The van der Waals surface area contributed by atoms with E-state index in [4.69, 9.17) is 13.9 Å². The second kappa shape index (κ2) is 11.1. The normalized spacial score (nSPS) is 11.2. The van der Waals surface area contributed by atoms with Crippen LogP contribution >= 0.6 is 15.9 Å². The SMILES string of the molecule is O=C(COc1cccc2ccccc12)N/N=C\c1cc(Br)ccc1OC(=O)/C=C\c1ccco1. The molecule has 0 radical (unpaired) electrons. The van der Waals surface area contributed by atoms with Crippen molar-refractivity contribution < 1.29 is 23.5 Å². The summed E-state index contributed by atoms with van der Waals surface area (Å²) in [4.78, 5) is 24.4. The van der Waals surface area contributed by atoms with Gasteiger partial charge in [-0.1, -0.05) is 52.3 Å². The van der Waals surface area contributed by atoms with Crippen molar-refractivity contribution in [3.05, 3.63) is 101 Å². The molecule has 0 fully saturated rings. The number of hydrazone groups is 1. The Morgan fingerprint density at radius 1 is 1.00 bits per heavy atom. The molecule has 0 atom stereocenters. The molecule has 0 spiro atoms. The summed E-state index contributed by atoms with van der Waals surface area (Å²) in [5, 5.41) is 5.90. The highest BCUT2D eigenvalue weighted by Gasteiger charge is 2.08. The number of nitrogens with zero attached hydrogens (tertiary/aromatic N) is 1. The first-order chi connectivity index (χ1) is 16.6. The van der Waals surface area contributed by atoms with Crippen LogP contribution in [-0.2, 0) is 9.59 Å². The molecular formula is C26H19BrN2O5. The van der Waals surface area contributed by atoms with Crippen LogP contribution in [0.5, 0.6) is 11.5 Å². The number of ether oxygens (including phenoxy) is 2. The summed E-state index contributed by atoms with van der Waals surface area (Å²) in [5.74, 6) is 0.409. The Kier molecular flexibility index (Phi) is 7.52. The number of hydrogen-bond acceptors (Lipinski definition) is 6. The van der Waals surface area contributed by atoms with Crippen LogP contribution in [-0.4, -0.2) is 24.7 Å². The molecule has 0 saturated heterocycles. The fourth-order valence-electron chi connectivity index (χ4n) is 3.06. The minimum Gasteiger partial charge on any atom is -0.483 e. The maximum Gasteiger partial charge on any atom is 0.336 e. The van der Waals surface area contributed by atoms with Gasteiger partial charge in [0.05, 0.1) is 12.5 Å². The molecule has 4 aromatic rings. The lowest BCUT2D eigenvalue weighted by Crippen LogP contribution is -2.24. The maximum absolute atomic E-state index is 12.2. The minimum atomic E-state index is -0.583. The Morgan fingerprint density at radius 2 is 1.85 bits per heavy atom. The number of rotatable bonds is 8. The first kappa shape index (κ1) is 23.0. The lowest BCUT2D eigenvalue weighted by molar-refractivity contribution is -0.129. The quantitative estimate of drug-likeness (QED) is 0.112. The Labute approximate surface area is 203 Å². The second-order valence-corrected chi connectivity index (χ2v) is 7.93. The van der Waals surface area contributed by atoms with Gasteiger partial charge in [-0.05, 0) is 47.9 Å². The first-order valence-electron chi connectivity index (χ1n) is 10.2. The second-order valence-electron chi connectivity index (χ2n) is 7.01. The molecule has 0 unspecified atom stereocenters.